The lowest BCUT2D eigenvalue weighted by molar-refractivity contribution is -0.921. The highest BCUT2D eigenvalue weighted by Gasteiger charge is 2.47. The predicted octanol–water partition coefficient (Wildman–Crippen LogP) is 3.29. The predicted molar refractivity (Wildman–Crippen MR) is 154 cm³/mol. The zero-order valence-corrected chi connectivity index (χ0v) is 25.0. The van der Waals surface area contributed by atoms with Gasteiger partial charge in [-0.15, -0.1) is 0 Å². The van der Waals surface area contributed by atoms with E-state index in [1.54, 1.807) is 35.4 Å². The molecule has 0 radical (unpaired) electrons. The molecule has 2 aromatic carbocycles. The normalized spacial score (nSPS) is 19.6. The van der Waals surface area contributed by atoms with Gasteiger partial charge in [0.25, 0.3) is 0 Å². The van der Waals surface area contributed by atoms with Gasteiger partial charge in [0, 0.05) is 43.0 Å². The van der Waals surface area contributed by atoms with Crippen LogP contribution in [0.2, 0.25) is 0 Å². The Morgan fingerprint density at radius 2 is 1.64 bits per heavy atom. The summed E-state index contributed by atoms with van der Waals surface area (Å²) in [5.41, 5.74) is 2.74. The molecule has 1 spiro atoms. The molecule has 0 saturated carbocycles. The van der Waals surface area contributed by atoms with E-state index >= 15 is 0 Å². The molecule has 45 heavy (non-hydrogen) atoms. The molecule has 2 N–H and O–H groups in total. The number of piperidine rings is 1. The Hall–Kier alpha value is -4.39. The minimum absolute atomic E-state index is 0.0292. The molecule has 1 aromatic heterocycles. The number of alkyl halides is 3. The van der Waals surface area contributed by atoms with Gasteiger partial charge >= 0.3 is 6.18 Å². The summed E-state index contributed by atoms with van der Waals surface area (Å²) in [5, 5.41) is 19.0. The fourth-order valence-electron chi connectivity index (χ4n) is 5.81. The van der Waals surface area contributed by atoms with Crippen molar-refractivity contribution in [3.8, 4) is 28.4 Å². The number of nitrogens with zero attached hydrogens (tertiary/aromatic N) is 2. The molecule has 1 amide bonds. The Morgan fingerprint density at radius 3 is 2.16 bits per heavy atom. The molecule has 242 valence electrons. The number of hydrogen-bond donors (Lipinski definition) is 2. The summed E-state index contributed by atoms with van der Waals surface area (Å²) in [4.78, 5) is 29.0. The lowest BCUT2D eigenvalue weighted by Gasteiger charge is -2.36. The monoisotopic (exact) mass is 633 g/mol. The fraction of sp³-hybridized carbons (Fsp3) is 0.406. The van der Waals surface area contributed by atoms with Gasteiger partial charge in [0.2, 0.25) is 5.91 Å². The van der Waals surface area contributed by atoms with Gasteiger partial charge in [-0.05, 0) is 55.8 Å². The van der Waals surface area contributed by atoms with E-state index in [1.807, 2.05) is 13.8 Å². The van der Waals surface area contributed by atoms with Gasteiger partial charge in [0.05, 0.1) is 31.9 Å². The van der Waals surface area contributed by atoms with Crippen LogP contribution >= 0.6 is 0 Å². The summed E-state index contributed by atoms with van der Waals surface area (Å²) in [6.07, 6.45) is -1.23. The summed E-state index contributed by atoms with van der Waals surface area (Å²) >= 11 is 0. The SMILES string of the molecule is CCOc1cc(C[NH+]2CCC3(CC2)CC(=O)N(c2ncccc2O)C3)cc(OCC)c1-c1ccc(F)cc1.O=C([O-])C(F)(F)F. The second-order valence-corrected chi connectivity index (χ2v) is 11.1. The summed E-state index contributed by atoms with van der Waals surface area (Å²) in [5.74, 6) is -1.39. The van der Waals surface area contributed by atoms with Gasteiger partial charge < -0.3 is 29.4 Å². The first-order chi connectivity index (χ1) is 21.4. The van der Waals surface area contributed by atoms with Gasteiger partial charge in [-0.3, -0.25) is 9.69 Å². The lowest BCUT2D eigenvalue weighted by Crippen LogP contribution is -3.12. The number of aliphatic carboxylic acids is 1. The van der Waals surface area contributed by atoms with Crippen LogP contribution in [0.15, 0.2) is 54.7 Å². The number of anilines is 1. The third-order valence-corrected chi connectivity index (χ3v) is 7.90. The van der Waals surface area contributed by atoms with Crippen molar-refractivity contribution in [3.63, 3.8) is 0 Å². The molecule has 2 fully saturated rings. The van der Waals surface area contributed by atoms with E-state index in [0.29, 0.717) is 32.0 Å². The number of rotatable bonds is 8. The Labute approximate surface area is 258 Å². The highest BCUT2D eigenvalue weighted by molar-refractivity contribution is 5.96. The van der Waals surface area contributed by atoms with Crippen LogP contribution in [0.4, 0.5) is 23.4 Å². The van der Waals surface area contributed by atoms with E-state index in [1.165, 1.54) is 17.0 Å². The smallest absolute Gasteiger partial charge is 0.430 e. The minimum atomic E-state index is -5.19. The van der Waals surface area contributed by atoms with Crippen LogP contribution in [0.5, 0.6) is 17.2 Å². The number of aromatic nitrogens is 1. The molecule has 0 atom stereocenters. The van der Waals surface area contributed by atoms with Crippen molar-refractivity contribution in [2.45, 2.75) is 45.8 Å². The second kappa shape index (κ2) is 14.1. The molecule has 5 rings (SSSR count). The van der Waals surface area contributed by atoms with E-state index in [0.717, 1.165) is 60.7 Å². The van der Waals surface area contributed by atoms with Crippen LogP contribution in [-0.2, 0) is 16.1 Å². The average Bonchev–Trinajstić information content (AvgIpc) is 3.30. The number of pyridine rings is 1. The third-order valence-electron chi connectivity index (χ3n) is 7.90. The number of benzene rings is 2. The zero-order valence-electron chi connectivity index (χ0n) is 25.0. The third kappa shape index (κ3) is 8.21. The molecule has 0 aliphatic carbocycles. The van der Waals surface area contributed by atoms with Crippen molar-refractivity contribution in [2.75, 3.05) is 37.7 Å². The van der Waals surface area contributed by atoms with Gasteiger partial charge in [-0.1, -0.05) is 12.1 Å². The quantitative estimate of drug-likeness (QED) is 0.366. The molecule has 0 bridgehead atoms. The number of quaternary nitrogens is 1. The van der Waals surface area contributed by atoms with Gasteiger partial charge in [0.15, 0.2) is 11.6 Å². The Balaban J connectivity index is 0.000000591. The minimum Gasteiger partial charge on any atom is -0.542 e. The van der Waals surface area contributed by atoms with Crippen molar-refractivity contribution >= 4 is 17.7 Å². The number of carboxylic acid groups (broad SMARTS) is 1. The molecule has 0 unspecified atom stereocenters. The maximum atomic E-state index is 13.6. The number of likely N-dealkylation sites (tertiary alicyclic amines) is 1. The molecule has 2 aliphatic rings. The van der Waals surface area contributed by atoms with Crippen molar-refractivity contribution in [3.05, 3.63) is 66.1 Å². The summed E-state index contributed by atoms with van der Waals surface area (Å²) in [6, 6.07) is 13.8. The van der Waals surface area contributed by atoms with Crippen LogP contribution in [0.1, 0.15) is 38.7 Å². The van der Waals surface area contributed by atoms with E-state index < -0.39 is 12.1 Å². The number of carbonyl (C=O) groups excluding carboxylic acids is 2. The van der Waals surface area contributed by atoms with E-state index in [9.17, 15) is 27.5 Å². The van der Waals surface area contributed by atoms with Crippen molar-refractivity contribution in [2.24, 2.45) is 5.41 Å². The first-order valence-corrected chi connectivity index (χ1v) is 14.6. The Morgan fingerprint density at radius 1 is 1.07 bits per heavy atom. The molecule has 3 aromatic rings. The first kappa shape index (κ1) is 33.5. The molecule has 13 heteroatoms. The molecule has 3 heterocycles. The highest BCUT2D eigenvalue weighted by atomic mass is 19.4. The molecule has 9 nitrogen and oxygen atoms in total. The second-order valence-electron chi connectivity index (χ2n) is 11.1. The molecular formula is C32H35F4N3O6. The van der Waals surface area contributed by atoms with E-state index in [2.05, 4.69) is 17.1 Å². The number of hydrogen-bond acceptors (Lipinski definition) is 7. The van der Waals surface area contributed by atoms with Crippen molar-refractivity contribution < 1.29 is 51.7 Å². The number of amides is 1. The highest BCUT2D eigenvalue weighted by Crippen LogP contribution is 2.43. The fourth-order valence-corrected chi connectivity index (χ4v) is 5.81. The summed E-state index contributed by atoms with van der Waals surface area (Å²) in [6.45, 7) is 8.24. The maximum Gasteiger partial charge on any atom is 0.430 e. The standard InChI is InChI=1S/C30H34FN3O4.C2HF3O2/c1-3-37-25-16-21(17-26(38-4-2)28(25)22-7-9-23(31)10-8-22)19-33-14-11-30(12-15-33)18-27(36)34(20-30)29-24(35)6-5-13-32-29;3-2(4,5)1(6)7/h5-10,13,16-17,35H,3-4,11-12,14-15,18-20H2,1-2H3;(H,6,7). The van der Waals surface area contributed by atoms with Gasteiger partial charge in [-0.25, -0.2) is 9.37 Å². The van der Waals surface area contributed by atoms with Crippen molar-refractivity contribution in [1.82, 2.24) is 4.98 Å². The number of ether oxygens (including phenoxy) is 2. The van der Waals surface area contributed by atoms with Crippen LogP contribution in [-0.4, -0.2) is 61.0 Å². The van der Waals surface area contributed by atoms with E-state index in [4.69, 9.17) is 19.4 Å². The maximum absolute atomic E-state index is 13.6. The lowest BCUT2D eigenvalue weighted by atomic mass is 9.77. The Bertz CT molecular complexity index is 1460. The van der Waals surface area contributed by atoms with Crippen LogP contribution in [0.3, 0.4) is 0 Å². The van der Waals surface area contributed by atoms with Crippen molar-refractivity contribution in [1.29, 1.82) is 0 Å². The number of carbonyl (C=O) groups is 2. The Kier molecular flexibility index (Phi) is 10.5. The van der Waals surface area contributed by atoms with Crippen LogP contribution < -0.4 is 24.4 Å². The number of aromatic hydroxyl groups is 1. The summed E-state index contributed by atoms with van der Waals surface area (Å²) in [7, 11) is 0. The molecular weight excluding hydrogens is 598 g/mol. The molecule has 2 aliphatic heterocycles. The average molecular weight is 634 g/mol. The van der Waals surface area contributed by atoms with Gasteiger partial charge in [0.1, 0.15) is 29.8 Å². The first-order valence-electron chi connectivity index (χ1n) is 14.6. The van der Waals surface area contributed by atoms with E-state index in [-0.39, 0.29) is 22.9 Å². The summed E-state index contributed by atoms with van der Waals surface area (Å²) < 4.78 is 57.2. The molecule has 2 saturated heterocycles. The number of carboxylic acids is 1. The largest absolute Gasteiger partial charge is 0.542 e. The van der Waals surface area contributed by atoms with Gasteiger partial charge in [-0.2, -0.15) is 13.2 Å². The number of nitrogens with one attached hydrogen (secondary N) is 1. The zero-order chi connectivity index (χ0) is 32.8. The topological polar surface area (TPSA) is 116 Å². The van der Waals surface area contributed by atoms with Crippen LogP contribution in [0.25, 0.3) is 11.1 Å². The van der Waals surface area contributed by atoms with Crippen LogP contribution in [0, 0.1) is 11.2 Å². The number of halogens is 4.